The molecule has 1 fully saturated rings. The molecule has 0 aromatic heterocycles. The summed E-state index contributed by atoms with van der Waals surface area (Å²) < 4.78 is 0. The van der Waals surface area contributed by atoms with E-state index in [-0.39, 0.29) is 11.6 Å². The van der Waals surface area contributed by atoms with Crippen molar-refractivity contribution in [1.29, 1.82) is 10.5 Å². The molecule has 0 atom stereocenters. The normalized spacial score (nSPS) is 13.7. The van der Waals surface area contributed by atoms with E-state index < -0.39 is 0 Å². The van der Waals surface area contributed by atoms with Crippen molar-refractivity contribution >= 4 is 34.6 Å². The number of carbonyl (C=O) groups is 1. The SMILES string of the molecule is CC(=O)N1CCN(c2c(Cl)cccc2NN=C(C#N)C#N)CC1. The van der Waals surface area contributed by atoms with Crippen molar-refractivity contribution in [3.8, 4) is 12.1 Å². The molecule has 0 aliphatic carbocycles. The quantitative estimate of drug-likeness (QED) is 0.673. The van der Waals surface area contributed by atoms with E-state index in [4.69, 9.17) is 22.1 Å². The molecular weight excluding hydrogens is 316 g/mol. The van der Waals surface area contributed by atoms with Gasteiger partial charge in [0.1, 0.15) is 12.1 Å². The molecule has 0 bridgehead atoms. The van der Waals surface area contributed by atoms with Crippen LogP contribution in [0.4, 0.5) is 11.4 Å². The monoisotopic (exact) mass is 330 g/mol. The lowest BCUT2D eigenvalue weighted by Crippen LogP contribution is -2.48. The lowest BCUT2D eigenvalue weighted by Gasteiger charge is -2.36. The number of nitrogens with one attached hydrogen (secondary N) is 1. The molecule has 1 amide bonds. The first-order valence-electron chi connectivity index (χ1n) is 6.99. The number of carbonyl (C=O) groups excluding carboxylic acids is 1. The zero-order valence-corrected chi connectivity index (χ0v) is 13.3. The fourth-order valence-corrected chi connectivity index (χ4v) is 2.66. The Kier molecular flexibility index (Phi) is 5.40. The highest BCUT2D eigenvalue weighted by atomic mass is 35.5. The van der Waals surface area contributed by atoms with Crippen LogP contribution in [0.25, 0.3) is 0 Å². The standard InChI is InChI=1S/C15H15ClN6O/c1-11(23)21-5-7-22(8-6-21)15-13(16)3-2-4-14(15)20-19-12(9-17)10-18/h2-4,20H,5-8H2,1H3. The second-order valence-corrected chi connectivity index (χ2v) is 5.33. The molecule has 1 saturated heterocycles. The zero-order chi connectivity index (χ0) is 16.8. The summed E-state index contributed by atoms with van der Waals surface area (Å²) in [4.78, 5) is 15.2. The van der Waals surface area contributed by atoms with Gasteiger partial charge in [0, 0.05) is 33.1 Å². The Hall–Kier alpha value is -2.77. The van der Waals surface area contributed by atoms with E-state index in [1.54, 1.807) is 42.2 Å². The van der Waals surface area contributed by atoms with Crippen molar-refractivity contribution in [2.24, 2.45) is 5.10 Å². The fourth-order valence-electron chi connectivity index (χ4n) is 2.36. The summed E-state index contributed by atoms with van der Waals surface area (Å²) in [6.45, 7) is 4.07. The maximum absolute atomic E-state index is 11.4. The molecule has 8 heteroatoms. The van der Waals surface area contributed by atoms with Crippen molar-refractivity contribution in [3.63, 3.8) is 0 Å². The van der Waals surface area contributed by atoms with Crippen LogP contribution in [0.15, 0.2) is 23.3 Å². The number of nitrogens with zero attached hydrogens (tertiary/aromatic N) is 5. The topological polar surface area (TPSA) is 95.5 Å². The molecule has 0 saturated carbocycles. The van der Waals surface area contributed by atoms with Crippen molar-refractivity contribution in [2.75, 3.05) is 36.5 Å². The maximum atomic E-state index is 11.4. The summed E-state index contributed by atoms with van der Waals surface area (Å²) in [7, 11) is 0. The maximum Gasteiger partial charge on any atom is 0.237 e. The van der Waals surface area contributed by atoms with Crippen LogP contribution in [0.3, 0.4) is 0 Å². The van der Waals surface area contributed by atoms with E-state index in [2.05, 4.69) is 15.4 Å². The van der Waals surface area contributed by atoms with Crippen molar-refractivity contribution in [3.05, 3.63) is 23.2 Å². The molecule has 1 aliphatic heterocycles. The first-order valence-corrected chi connectivity index (χ1v) is 7.37. The predicted octanol–water partition coefficient (Wildman–Crippen LogP) is 1.82. The Morgan fingerprint density at radius 2 is 1.91 bits per heavy atom. The van der Waals surface area contributed by atoms with Gasteiger partial charge in [-0.05, 0) is 12.1 Å². The summed E-state index contributed by atoms with van der Waals surface area (Å²) in [5.74, 6) is 0.0550. The molecule has 1 aromatic carbocycles. The van der Waals surface area contributed by atoms with E-state index in [9.17, 15) is 4.79 Å². The number of anilines is 2. The fraction of sp³-hybridized carbons (Fsp3) is 0.333. The number of piperazine rings is 1. The number of hydrogen-bond donors (Lipinski definition) is 1. The number of hydrogen-bond acceptors (Lipinski definition) is 6. The van der Waals surface area contributed by atoms with Crippen molar-refractivity contribution in [1.82, 2.24) is 4.90 Å². The highest BCUT2D eigenvalue weighted by Gasteiger charge is 2.22. The predicted molar refractivity (Wildman–Crippen MR) is 88.2 cm³/mol. The largest absolute Gasteiger partial charge is 0.365 e. The van der Waals surface area contributed by atoms with Crippen LogP contribution in [0, 0.1) is 22.7 Å². The number of nitriles is 2. The van der Waals surface area contributed by atoms with Gasteiger partial charge < -0.3 is 9.80 Å². The van der Waals surface area contributed by atoms with Gasteiger partial charge in [-0.1, -0.05) is 17.7 Å². The van der Waals surface area contributed by atoms with Gasteiger partial charge >= 0.3 is 0 Å². The molecule has 2 rings (SSSR count). The summed E-state index contributed by atoms with van der Waals surface area (Å²) in [6, 6.07) is 8.67. The number of halogens is 1. The van der Waals surface area contributed by atoms with Gasteiger partial charge in [0.2, 0.25) is 11.6 Å². The molecule has 0 unspecified atom stereocenters. The molecule has 23 heavy (non-hydrogen) atoms. The molecule has 1 aromatic rings. The molecule has 0 radical (unpaired) electrons. The van der Waals surface area contributed by atoms with Crippen LogP contribution in [0.5, 0.6) is 0 Å². The Morgan fingerprint density at radius 3 is 2.48 bits per heavy atom. The highest BCUT2D eigenvalue weighted by molar-refractivity contribution is 6.34. The molecule has 0 spiro atoms. The van der Waals surface area contributed by atoms with E-state index in [0.29, 0.717) is 36.9 Å². The molecular formula is C15H15ClN6O. The second kappa shape index (κ2) is 7.48. The number of amides is 1. The van der Waals surface area contributed by atoms with Crippen LogP contribution in [0.1, 0.15) is 6.92 Å². The van der Waals surface area contributed by atoms with Crippen LogP contribution in [0.2, 0.25) is 5.02 Å². The Bertz CT molecular complexity index is 694. The van der Waals surface area contributed by atoms with Crippen LogP contribution in [-0.4, -0.2) is 42.7 Å². The number of para-hydroxylation sites is 1. The lowest BCUT2D eigenvalue weighted by atomic mass is 10.2. The summed E-state index contributed by atoms with van der Waals surface area (Å²) in [5, 5.41) is 21.8. The molecule has 1 aliphatic rings. The third-order valence-electron chi connectivity index (χ3n) is 3.53. The van der Waals surface area contributed by atoms with Gasteiger partial charge in [-0.3, -0.25) is 10.2 Å². The van der Waals surface area contributed by atoms with E-state index in [1.165, 1.54) is 0 Å². The molecule has 1 N–H and O–H groups in total. The minimum Gasteiger partial charge on any atom is -0.365 e. The Balaban J connectivity index is 2.23. The second-order valence-electron chi connectivity index (χ2n) is 4.92. The van der Waals surface area contributed by atoms with Crippen LogP contribution < -0.4 is 10.3 Å². The van der Waals surface area contributed by atoms with E-state index >= 15 is 0 Å². The number of rotatable bonds is 3. The summed E-state index contributed by atoms with van der Waals surface area (Å²) in [6.07, 6.45) is 0. The van der Waals surface area contributed by atoms with Gasteiger partial charge in [0.05, 0.1) is 16.4 Å². The average Bonchev–Trinajstić information content (AvgIpc) is 2.56. The summed E-state index contributed by atoms with van der Waals surface area (Å²) in [5.41, 5.74) is 3.81. The lowest BCUT2D eigenvalue weighted by molar-refractivity contribution is -0.129. The van der Waals surface area contributed by atoms with Crippen molar-refractivity contribution in [2.45, 2.75) is 6.92 Å². The number of hydrazone groups is 1. The smallest absolute Gasteiger partial charge is 0.237 e. The molecule has 7 nitrogen and oxygen atoms in total. The minimum atomic E-state index is -0.266. The Morgan fingerprint density at radius 1 is 1.26 bits per heavy atom. The average molecular weight is 331 g/mol. The van der Waals surface area contributed by atoms with Gasteiger partial charge in [0.15, 0.2) is 0 Å². The van der Waals surface area contributed by atoms with Gasteiger partial charge in [-0.15, -0.1) is 0 Å². The number of benzene rings is 1. The first kappa shape index (κ1) is 16.6. The molecule has 1 heterocycles. The third kappa shape index (κ3) is 3.91. The zero-order valence-electron chi connectivity index (χ0n) is 12.6. The third-order valence-corrected chi connectivity index (χ3v) is 3.83. The van der Waals surface area contributed by atoms with Gasteiger partial charge in [-0.25, -0.2) is 0 Å². The van der Waals surface area contributed by atoms with Crippen LogP contribution in [-0.2, 0) is 4.79 Å². The highest BCUT2D eigenvalue weighted by Crippen LogP contribution is 2.34. The minimum absolute atomic E-state index is 0.0550. The Labute approximate surface area is 139 Å². The molecule has 118 valence electrons. The van der Waals surface area contributed by atoms with E-state index in [1.807, 2.05) is 0 Å². The first-order chi connectivity index (χ1) is 11.1. The van der Waals surface area contributed by atoms with Gasteiger partial charge in [-0.2, -0.15) is 15.6 Å². The van der Waals surface area contributed by atoms with Gasteiger partial charge in [0.25, 0.3) is 0 Å². The van der Waals surface area contributed by atoms with E-state index in [0.717, 1.165) is 5.69 Å². The summed E-state index contributed by atoms with van der Waals surface area (Å²) >= 11 is 6.30. The van der Waals surface area contributed by atoms with Crippen molar-refractivity contribution < 1.29 is 4.79 Å². The van der Waals surface area contributed by atoms with Crippen LogP contribution >= 0.6 is 11.6 Å².